The van der Waals surface area contributed by atoms with E-state index in [1.807, 2.05) is 58.5 Å². The van der Waals surface area contributed by atoms with Crippen LogP contribution in [0.4, 0.5) is 0 Å². The van der Waals surface area contributed by atoms with Gasteiger partial charge < -0.3 is 15.1 Å². The van der Waals surface area contributed by atoms with Crippen LogP contribution in [0.5, 0.6) is 0 Å². The molecule has 0 radical (unpaired) electrons. The lowest BCUT2D eigenvalue weighted by atomic mass is 10.2. The van der Waals surface area contributed by atoms with E-state index in [0.29, 0.717) is 43.7 Å². The van der Waals surface area contributed by atoms with Crippen molar-refractivity contribution < 1.29 is 4.79 Å². The van der Waals surface area contributed by atoms with Gasteiger partial charge >= 0.3 is 0 Å². The first-order valence-electron chi connectivity index (χ1n) is 10.0. The third-order valence-corrected chi connectivity index (χ3v) is 5.37. The zero-order valence-corrected chi connectivity index (χ0v) is 20.8. The van der Waals surface area contributed by atoms with Crippen molar-refractivity contribution in [1.82, 2.24) is 29.9 Å². The van der Waals surface area contributed by atoms with Crippen LogP contribution in [-0.2, 0) is 17.9 Å². The van der Waals surface area contributed by atoms with Gasteiger partial charge in [-0.15, -0.1) is 24.0 Å². The van der Waals surface area contributed by atoms with E-state index in [0.717, 1.165) is 16.9 Å². The summed E-state index contributed by atoms with van der Waals surface area (Å²) in [4.78, 5) is 25.3. The maximum Gasteiger partial charge on any atom is 0.242 e. The minimum Gasteiger partial charge on any atom is -0.352 e. The van der Waals surface area contributed by atoms with Crippen molar-refractivity contribution in [1.29, 1.82) is 0 Å². The lowest BCUT2D eigenvalue weighted by Crippen LogP contribution is -2.54. The topological polar surface area (TPSA) is 78.7 Å². The van der Waals surface area contributed by atoms with Gasteiger partial charge in [0.1, 0.15) is 0 Å². The van der Waals surface area contributed by atoms with Crippen molar-refractivity contribution in [2.45, 2.75) is 13.1 Å². The highest BCUT2D eigenvalue weighted by Gasteiger charge is 2.26. The summed E-state index contributed by atoms with van der Waals surface area (Å²) >= 11 is 5.95. The number of hydrogen-bond donors (Lipinski definition) is 1. The molecule has 10 heteroatoms. The van der Waals surface area contributed by atoms with Crippen molar-refractivity contribution in [2.75, 3.05) is 26.7 Å². The van der Waals surface area contributed by atoms with Gasteiger partial charge in [-0.1, -0.05) is 23.7 Å². The van der Waals surface area contributed by atoms with E-state index < -0.39 is 0 Å². The number of amides is 1. The van der Waals surface area contributed by atoms with Crippen LogP contribution in [0.25, 0.3) is 5.82 Å². The van der Waals surface area contributed by atoms with Gasteiger partial charge in [0.2, 0.25) is 5.91 Å². The fourth-order valence-corrected chi connectivity index (χ4v) is 3.61. The molecule has 0 bridgehead atoms. The van der Waals surface area contributed by atoms with Crippen LogP contribution in [0.3, 0.4) is 0 Å². The van der Waals surface area contributed by atoms with E-state index in [1.54, 1.807) is 24.1 Å². The number of nitrogens with zero attached hydrogens (tertiary/aromatic N) is 6. The normalized spacial score (nSPS) is 14.3. The number of nitrogens with one attached hydrogen (secondary N) is 1. The first kappa shape index (κ1) is 24.0. The molecule has 0 saturated carbocycles. The fourth-order valence-electron chi connectivity index (χ4n) is 3.48. The summed E-state index contributed by atoms with van der Waals surface area (Å²) in [5, 5.41) is 8.26. The molecule has 0 aliphatic carbocycles. The molecule has 3 aromatic rings. The van der Waals surface area contributed by atoms with Crippen LogP contribution in [0, 0.1) is 0 Å². The molecule has 1 N–H and O–H groups in total. The Morgan fingerprint density at radius 1 is 1.16 bits per heavy atom. The van der Waals surface area contributed by atoms with Crippen LogP contribution < -0.4 is 5.32 Å². The van der Waals surface area contributed by atoms with Crippen LogP contribution in [0.2, 0.25) is 5.02 Å². The number of carbonyl (C=O) groups is 1. The molecule has 168 valence electrons. The molecular weight excluding hydrogens is 541 g/mol. The Kier molecular flexibility index (Phi) is 8.46. The van der Waals surface area contributed by atoms with Crippen molar-refractivity contribution in [3.8, 4) is 5.82 Å². The number of guanidine groups is 1. The van der Waals surface area contributed by atoms with Crippen molar-refractivity contribution in [3.05, 3.63) is 77.2 Å². The summed E-state index contributed by atoms with van der Waals surface area (Å²) < 4.78 is 1.72. The predicted molar refractivity (Wildman–Crippen MR) is 135 cm³/mol. The van der Waals surface area contributed by atoms with Gasteiger partial charge in [0, 0.05) is 56.8 Å². The number of aromatic nitrogens is 3. The number of benzene rings is 1. The van der Waals surface area contributed by atoms with Gasteiger partial charge in [-0.3, -0.25) is 9.79 Å². The van der Waals surface area contributed by atoms with E-state index in [2.05, 4.69) is 20.4 Å². The van der Waals surface area contributed by atoms with Crippen molar-refractivity contribution in [3.63, 3.8) is 0 Å². The van der Waals surface area contributed by atoms with Crippen LogP contribution in [0.15, 0.2) is 66.0 Å². The SMILES string of the molecule is CN=C(NCc1ccnc(-n2cccn2)c1)N1CCN(Cc2ccc(Cl)cc2)C(=O)C1.I. The molecule has 2 aromatic heterocycles. The van der Waals surface area contributed by atoms with Crippen LogP contribution in [-0.4, -0.2) is 63.1 Å². The molecule has 3 heterocycles. The molecule has 1 aromatic carbocycles. The monoisotopic (exact) mass is 565 g/mol. The highest BCUT2D eigenvalue weighted by molar-refractivity contribution is 14.0. The van der Waals surface area contributed by atoms with Crippen LogP contribution in [0.1, 0.15) is 11.1 Å². The lowest BCUT2D eigenvalue weighted by molar-refractivity contribution is -0.135. The summed E-state index contributed by atoms with van der Waals surface area (Å²) in [5.74, 6) is 1.54. The molecule has 1 fully saturated rings. The second-order valence-electron chi connectivity index (χ2n) is 7.24. The molecule has 1 saturated heterocycles. The minimum absolute atomic E-state index is 0. The smallest absolute Gasteiger partial charge is 0.242 e. The number of halogens is 2. The summed E-state index contributed by atoms with van der Waals surface area (Å²) in [6.45, 7) is 2.81. The number of pyridine rings is 1. The van der Waals surface area contributed by atoms with E-state index in [9.17, 15) is 4.79 Å². The molecule has 1 amide bonds. The quantitative estimate of drug-likeness (QED) is 0.292. The van der Waals surface area contributed by atoms with Gasteiger partial charge in [0.25, 0.3) is 0 Å². The largest absolute Gasteiger partial charge is 0.352 e. The van der Waals surface area contributed by atoms with Gasteiger partial charge in [-0.25, -0.2) is 9.67 Å². The summed E-state index contributed by atoms with van der Waals surface area (Å²) in [6, 6.07) is 13.4. The third kappa shape index (κ3) is 5.98. The third-order valence-electron chi connectivity index (χ3n) is 5.12. The second kappa shape index (κ2) is 11.3. The average molecular weight is 566 g/mol. The van der Waals surface area contributed by atoms with E-state index in [4.69, 9.17) is 11.6 Å². The Morgan fingerprint density at radius 3 is 2.66 bits per heavy atom. The Bertz CT molecular complexity index is 1060. The lowest BCUT2D eigenvalue weighted by Gasteiger charge is -2.36. The number of aliphatic imine (C=N–C) groups is 1. The minimum atomic E-state index is 0. The Hall–Kier alpha value is -2.66. The molecule has 4 rings (SSSR count). The summed E-state index contributed by atoms with van der Waals surface area (Å²) in [6.07, 6.45) is 5.33. The number of piperazine rings is 1. The molecular formula is C22H25ClIN7O. The molecule has 1 aliphatic rings. The van der Waals surface area contributed by atoms with Gasteiger partial charge in [-0.2, -0.15) is 5.10 Å². The van der Waals surface area contributed by atoms with E-state index in [-0.39, 0.29) is 29.9 Å². The number of carbonyl (C=O) groups excluding carboxylic acids is 1. The van der Waals surface area contributed by atoms with E-state index >= 15 is 0 Å². The fraction of sp³-hybridized carbons (Fsp3) is 0.273. The second-order valence-corrected chi connectivity index (χ2v) is 7.67. The molecule has 8 nitrogen and oxygen atoms in total. The first-order valence-corrected chi connectivity index (χ1v) is 10.4. The standard InChI is InChI=1S/C22H24ClN7O.HI/c1-24-22(26-14-18-7-9-25-20(13-18)30-10-2-8-27-30)29-12-11-28(21(31)16-29)15-17-3-5-19(23)6-4-17;/h2-10,13H,11-12,14-16H2,1H3,(H,24,26);1H. The maximum absolute atomic E-state index is 12.7. The highest BCUT2D eigenvalue weighted by Crippen LogP contribution is 2.14. The summed E-state index contributed by atoms with van der Waals surface area (Å²) in [5.41, 5.74) is 2.12. The van der Waals surface area contributed by atoms with Gasteiger partial charge in [-0.05, 0) is 41.5 Å². The Morgan fingerprint density at radius 2 is 1.97 bits per heavy atom. The van der Waals surface area contributed by atoms with Crippen molar-refractivity contribution in [2.24, 2.45) is 4.99 Å². The Balaban J connectivity index is 0.00000289. The molecule has 0 atom stereocenters. The highest BCUT2D eigenvalue weighted by atomic mass is 127. The summed E-state index contributed by atoms with van der Waals surface area (Å²) in [7, 11) is 1.73. The molecule has 0 unspecified atom stereocenters. The zero-order valence-electron chi connectivity index (χ0n) is 17.7. The van der Waals surface area contributed by atoms with E-state index in [1.165, 1.54) is 0 Å². The van der Waals surface area contributed by atoms with Crippen molar-refractivity contribution >= 4 is 47.4 Å². The predicted octanol–water partition coefficient (Wildman–Crippen LogP) is 2.96. The average Bonchev–Trinajstić information content (AvgIpc) is 3.33. The van der Waals surface area contributed by atoms with Crippen LogP contribution >= 0.6 is 35.6 Å². The first-order chi connectivity index (χ1) is 15.1. The Labute approximate surface area is 209 Å². The van der Waals surface area contributed by atoms with Gasteiger partial charge in [0.15, 0.2) is 11.8 Å². The number of rotatable bonds is 5. The molecule has 1 aliphatic heterocycles. The van der Waals surface area contributed by atoms with Gasteiger partial charge in [0.05, 0.1) is 6.54 Å². The zero-order chi connectivity index (χ0) is 21.6. The number of hydrogen-bond acceptors (Lipinski definition) is 4. The maximum atomic E-state index is 12.7. The molecule has 32 heavy (non-hydrogen) atoms. The molecule has 0 spiro atoms.